The van der Waals surface area contributed by atoms with Crippen LogP contribution in [0.5, 0.6) is 0 Å². The summed E-state index contributed by atoms with van der Waals surface area (Å²) in [6.07, 6.45) is 4.03. The summed E-state index contributed by atoms with van der Waals surface area (Å²) in [4.78, 5) is 59.3. The molecular formula is C35H47N5O7. The van der Waals surface area contributed by atoms with Crippen molar-refractivity contribution in [2.45, 2.75) is 78.6 Å². The number of pyridine rings is 1. The van der Waals surface area contributed by atoms with E-state index in [1.165, 1.54) is 5.01 Å². The maximum atomic E-state index is 13.9. The van der Waals surface area contributed by atoms with Crippen molar-refractivity contribution < 1.29 is 33.4 Å². The number of nitrogens with zero attached hydrogens (tertiary/aromatic N) is 2. The third kappa shape index (κ3) is 8.17. The van der Waals surface area contributed by atoms with Crippen LogP contribution in [0.25, 0.3) is 17.0 Å². The van der Waals surface area contributed by atoms with Gasteiger partial charge in [-0.1, -0.05) is 51.1 Å². The first kappa shape index (κ1) is 34.5. The SMILES string of the molecule is CC(C)C1NC(=O)C(C)(C)/C=C/c2ccc3ccc(nc3c2)[C@@H](C)OC(=O)[C@@H]2CCCN(N2)C(=O)[C@H](COCC2(C)COC2)NC1=O. The highest BCUT2D eigenvalue weighted by Crippen LogP contribution is 2.27. The molecule has 1 unspecified atom stereocenters. The fourth-order valence-corrected chi connectivity index (χ4v) is 5.74. The molecule has 254 valence electrons. The first-order valence-electron chi connectivity index (χ1n) is 16.4. The Morgan fingerprint density at radius 2 is 1.81 bits per heavy atom. The summed E-state index contributed by atoms with van der Waals surface area (Å²) in [5, 5.41) is 8.04. The van der Waals surface area contributed by atoms with Gasteiger partial charge in [-0.3, -0.25) is 24.2 Å². The molecule has 0 spiro atoms. The van der Waals surface area contributed by atoms with Gasteiger partial charge in [0.15, 0.2) is 0 Å². The number of carbonyl (C=O) groups is 4. The average molecular weight is 650 g/mol. The van der Waals surface area contributed by atoms with E-state index in [0.29, 0.717) is 44.9 Å². The zero-order valence-electron chi connectivity index (χ0n) is 28.1. The Balaban J connectivity index is 1.46. The van der Waals surface area contributed by atoms with Crippen LogP contribution in [0.2, 0.25) is 0 Å². The van der Waals surface area contributed by atoms with Crippen LogP contribution in [0.15, 0.2) is 36.4 Å². The van der Waals surface area contributed by atoms with E-state index >= 15 is 0 Å². The van der Waals surface area contributed by atoms with E-state index in [9.17, 15) is 19.2 Å². The molecule has 12 nitrogen and oxygen atoms in total. The van der Waals surface area contributed by atoms with E-state index in [-0.39, 0.29) is 23.8 Å². The highest BCUT2D eigenvalue weighted by molar-refractivity contribution is 5.94. The molecule has 4 atom stereocenters. The number of hydrogen-bond acceptors (Lipinski definition) is 9. The van der Waals surface area contributed by atoms with Crippen LogP contribution in [0.3, 0.4) is 0 Å². The van der Waals surface area contributed by atoms with Gasteiger partial charge in [0.1, 0.15) is 24.2 Å². The normalized spacial score (nSPS) is 27.5. The van der Waals surface area contributed by atoms with Crippen molar-refractivity contribution in [3.05, 3.63) is 47.7 Å². The van der Waals surface area contributed by atoms with Gasteiger partial charge >= 0.3 is 5.97 Å². The molecular weight excluding hydrogens is 602 g/mol. The fraction of sp³-hybridized carbons (Fsp3) is 0.571. The number of amides is 3. The van der Waals surface area contributed by atoms with Crippen LogP contribution < -0.4 is 16.1 Å². The molecule has 1 aromatic carbocycles. The topological polar surface area (TPSA) is 148 Å². The maximum absolute atomic E-state index is 13.9. The monoisotopic (exact) mass is 649 g/mol. The molecule has 3 aliphatic heterocycles. The van der Waals surface area contributed by atoms with E-state index < -0.39 is 47.4 Å². The molecule has 5 bridgehead atoms. The van der Waals surface area contributed by atoms with E-state index in [4.69, 9.17) is 19.2 Å². The summed E-state index contributed by atoms with van der Waals surface area (Å²) in [5.41, 5.74) is 4.04. The number of benzene rings is 1. The average Bonchev–Trinajstić information content (AvgIpc) is 3.03. The number of aromatic nitrogens is 1. The molecule has 12 heteroatoms. The maximum Gasteiger partial charge on any atom is 0.325 e. The van der Waals surface area contributed by atoms with Gasteiger partial charge in [-0.05, 0) is 57.2 Å². The van der Waals surface area contributed by atoms with Gasteiger partial charge in [-0.25, -0.2) is 10.4 Å². The number of hydrazine groups is 1. The quantitative estimate of drug-likeness (QED) is 0.416. The van der Waals surface area contributed by atoms with Gasteiger partial charge in [-0.15, -0.1) is 0 Å². The predicted molar refractivity (Wildman–Crippen MR) is 175 cm³/mol. The highest BCUT2D eigenvalue weighted by atomic mass is 16.5. The zero-order valence-corrected chi connectivity index (χ0v) is 28.1. The number of carbonyl (C=O) groups excluding carboxylic acids is 4. The van der Waals surface area contributed by atoms with Crippen LogP contribution in [0.1, 0.15) is 71.7 Å². The number of nitrogens with one attached hydrogen (secondary N) is 3. The van der Waals surface area contributed by atoms with Crippen LogP contribution in [0, 0.1) is 16.7 Å². The summed E-state index contributed by atoms with van der Waals surface area (Å²) >= 11 is 0. The lowest BCUT2D eigenvalue weighted by molar-refractivity contribution is -0.159. The van der Waals surface area contributed by atoms with E-state index in [1.54, 1.807) is 26.8 Å². The number of ether oxygens (including phenoxy) is 3. The van der Waals surface area contributed by atoms with Crippen molar-refractivity contribution in [2.75, 3.05) is 33.0 Å². The third-order valence-electron chi connectivity index (χ3n) is 8.95. The Labute approximate surface area is 275 Å². The molecule has 3 amide bonds. The molecule has 0 saturated carbocycles. The predicted octanol–water partition coefficient (Wildman–Crippen LogP) is 3.07. The summed E-state index contributed by atoms with van der Waals surface area (Å²) in [5.74, 6) is -2.07. The number of esters is 1. The van der Waals surface area contributed by atoms with Crippen LogP contribution in [-0.4, -0.2) is 84.8 Å². The molecule has 4 heterocycles. The van der Waals surface area contributed by atoms with Crippen LogP contribution >= 0.6 is 0 Å². The molecule has 0 radical (unpaired) electrons. The van der Waals surface area contributed by atoms with Gasteiger partial charge in [0.2, 0.25) is 11.8 Å². The lowest BCUT2D eigenvalue weighted by Gasteiger charge is -2.38. The van der Waals surface area contributed by atoms with Crippen molar-refractivity contribution in [1.29, 1.82) is 0 Å². The van der Waals surface area contributed by atoms with E-state index in [2.05, 4.69) is 16.1 Å². The minimum Gasteiger partial charge on any atom is -0.455 e. The second kappa shape index (κ2) is 14.1. The molecule has 1 aromatic heterocycles. The molecule has 5 rings (SSSR count). The summed E-state index contributed by atoms with van der Waals surface area (Å²) in [7, 11) is 0. The molecule has 0 aliphatic carbocycles. The molecule has 2 fully saturated rings. The van der Waals surface area contributed by atoms with Gasteiger partial charge < -0.3 is 24.8 Å². The first-order chi connectivity index (χ1) is 22.2. The lowest BCUT2D eigenvalue weighted by atomic mass is 9.89. The van der Waals surface area contributed by atoms with E-state index in [0.717, 1.165) is 16.5 Å². The lowest BCUT2D eigenvalue weighted by Crippen LogP contribution is -2.63. The zero-order chi connectivity index (χ0) is 33.9. The highest BCUT2D eigenvalue weighted by Gasteiger charge is 2.38. The molecule has 2 saturated heterocycles. The van der Waals surface area contributed by atoms with Crippen molar-refractivity contribution in [3.63, 3.8) is 0 Å². The van der Waals surface area contributed by atoms with Crippen molar-refractivity contribution in [3.8, 4) is 0 Å². The Bertz CT molecular complexity index is 1540. The largest absolute Gasteiger partial charge is 0.455 e. The Hall–Kier alpha value is -3.87. The second-order valence-electron chi connectivity index (χ2n) is 14.2. The second-order valence-corrected chi connectivity index (χ2v) is 14.2. The van der Waals surface area contributed by atoms with Gasteiger partial charge in [0.05, 0.1) is 43.1 Å². The molecule has 3 N–H and O–H groups in total. The minimum absolute atomic E-state index is 0.0931. The Morgan fingerprint density at radius 3 is 2.51 bits per heavy atom. The first-order valence-corrected chi connectivity index (χ1v) is 16.4. The van der Waals surface area contributed by atoms with Crippen molar-refractivity contribution in [2.24, 2.45) is 16.7 Å². The fourth-order valence-electron chi connectivity index (χ4n) is 5.74. The summed E-state index contributed by atoms with van der Waals surface area (Å²) in [6, 6.07) is 6.80. The number of rotatable bonds is 5. The molecule has 3 aliphatic rings. The van der Waals surface area contributed by atoms with Crippen LogP contribution in [0.4, 0.5) is 0 Å². The van der Waals surface area contributed by atoms with Crippen molar-refractivity contribution in [1.82, 2.24) is 26.1 Å². The van der Waals surface area contributed by atoms with E-state index in [1.807, 2.05) is 57.2 Å². The van der Waals surface area contributed by atoms with Gasteiger partial charge in [-0.2, -0.15) is 0 Å². The number of cyclic esters (lactones) is 1. The third-order valence-corrected chi connectivity index (χ3v) is 8.95. The smallest absolute Gasteiger partial charge is 0.325 e. The Kier molecular flexibility index (Phi) is 10.3. The number of hydrogen-bond donors (Lipinski definition) is 3. The number of fused-ring (bicyclic) bond motifs is 4. The minimum atomic E-state index is -1.07. The van der Waals surface area contributed by atoms with Crippen LogP contribution in [-0.2, 0) is 33.4 Å². The Morgan fingerprint density at radius 1 is 1.06 bits per heavy atom. The molecule has 47 heavy (non-hydrogen) atoms. The van der Waals surface area contributed by atoms with Gasteiger partial charge in [0.25, 0.3) is 5.91 Å². The standard InChI is InChI=1S/C35H47N5O7/c1-21(2)29-30(41)37-28(17-45-18-35(6)19-46-20-35)31(42)40-15-7-8-26(39-40)32(43)47-22(3)25-12-11-24-10-9-23(16-27(24)36-25)13-14-34(4,5)33(44)38-29/h9-14,16,21-22,26,28-29,39H,7-8,15,17-20H2,1-6H3,(H,37,41)(H,38,44)/b14-13+/t22-,26+,28+,29?/m1/s1. The van der Waals surface area contributed by atoms with Gasteiger partial charge in [0, 0.05) is 17.3 Å². The molecule has 2 aromatic rings. The van der Waals surface area contributed by atoms with Crippen molar-refractivity contribution >= 4 is 40.7 Å². The summed E-state index contributed by atoms with van der Waals surface area (Å²) < 4.78 is 17.1. The summed E-state index contributed by atoms with van der Waals surface area (Å²) in [6.45, 7) is 12.7.